The van der Waals surface area contributed by atoms with Gasteiger partial charge in [-0.2, -0.15) is 0 Å². The summed E-state index contributed by atoms with van der Waals surface area (Å²) in [5.74, 6) is 1.13. The minimum Gasteiger partial charge on any atom is -0.476 e. The zero-order valence-corrected chi connectivity index (χ0v) is 22.6. The van der Waals surface area contributed by atoms with Crippen molar-refractivity contribution in [2.24, 2.45) is 5.92 Å². The molecular formula is C34H32ClN3O. The van der Waals surface area contributed by atoms with Gasteiger partial charge in [-0.05, 0) is 54.1 Å². The highest BCUT2D eigenvalue weighted by Gasteiger charge is 2.17. The summed E-state index contributed by atoms with van der Waals surface area (Å²) in [6, 6.07) is 38.0. The Bertz CT molecular complexity index is 1470. The number of hydrogen-bond donors (Lipinski definition) is 1. The fraction of sp³-hybridized carbons (Fsp3) is 0.176. The van der Waals surface area contributed by atoms with Crippen molar-refractivity contribution in [2.45, 2.75) is 12.8 Å². The SMILES string of the molecule is Cl.c1ccc(-c2ccc(-c3ncc(OCC4CCNCC4)nc3-c3ccc(-c4ccccc4)cc3)cc2)cc1. The van der Waals surface area contributed by atoms with Gasteiger partial charge in [-0.25, -0.2) is 9.97 Å². The molecule has 1 aliphatic heterocycles. The molecule has 196 valence electrons. The van der Waals surface area contributed by atoms with Crippen LogP contribution in [0.1, 0.15) is 12.8 Å². The van der Waals surface area contributed by atoms with Gasteiger partial charge in [0.05, 0.1) is 18.5 Å². The van der Waals surface area contributed by atoms with E-state index in [1.807, 2.05) is 12.1 Å². The molecule has 4 aromatic carbocycles. The van der Waals surface area contributed by atoms with Crippen molar-refractivity contribution >= 4 is 12.4 Å². The van der Waals surface area contributed by atoms with Gasteiger partial charge >= 0.3 is 0 Å². The largest absolute Gasteiger partial charge is 0.476 e. The van der Waals surface area contributed by atoms with Crippen molar-refractivity contribution in [3.05, 3.63) is 115 Å². The van der Waals surface area contributed by atoms with E-state index in [2.05, 4.69) is 102 Å². The lowest BCUT2D eigenvalue weighted by Crippen LogP contribution is -2.30. The summed E-state index contributed by atoms with van der Waals surface area (Å²) in [6.45, 7) is 2.78. The van der Waals surface area contributed by atoms with Crippen molar-refractivity contribution in [1.29, 1.82) is 0 Å². The van der Waals surface area contributed by atoms with Crippen LogP contribution >= 0.6 is 12.4 Å². The summed E-state index contributed by atoms with van der Waals surface area (Å²) in [5, 5.41) is 3.42. The summed E-state index contributed by atoms with van der Waals surface area (Å²) < 4.78 is 6.17. The van der Waals surface area contributed by atoms with Gasteiger partial charge in [-0.1, -0.05) is 109 Å². The lowest BCUT2D eigenvalue weighted by Gasteiger charge is -2.22. The Morgan fingerprint density at radius 3 is 1.59 bits per heavy atom. The molecule has 0 radical (unpaired) electrons. The molecule has 1 aromatic heterocycles. The van der Waals surface area contributed by atoms with Gasteiger partial charge in [-0.15, -0.1) is 12.4 Å². The van der Waals surface area contributed by atoms with Gasteiger partial charge in [0.15, 0.2) is 0 Å². The lowest BCUT2D eigenvalue weighted by atomic mass is 9.98. The summed E-state index contributed by atoms with van der Waals surface area (Å²) in [7, 11) is 0. The molecule has 1 saturated heterocycles. The molecule has 0 bridgehead atoms. The van der Waals surface area contributed by atoms with Gasteiger partial charge in [0.1, 0.15) is 5.69 Å². The van der Waals surface area contributed by atoms with Crippen LogP contribution in [0, 0.1) is 5.92 Å². The molecule has 5 heteroatoms. The van der Waals surface area contributed by atoms with Gasteiger partial charge in [0, 0.05) is 11.1 Å². The summed E-state index contributed by atoms with van der Waals surface area (Å²) in [4.78, 5) is 9.86. The molecule has 0 saturated carbocycles. The Balaban J connectivity index is 0.00000308. The topological polar surface area (TPSA) is 47.0 Å². The number of benzene rings is 4. The summed E-state index contributed by atoms with van der Waals surface area (Å²) in [5.41, 5.74) is 8.49. The molecule has 6 rings (SSSR count). The maximum absolute atomic E-state index is 6.17. The monoisotopic (exact) mass is 533 g/mol. The molecule has 1 N–H and O–H groups in total. The third kappa shape index (κ3) is 6.36. The van der Waals surface area contributed by atoms with E-state index >= 15 is 0 Å². The van der Waals surface area contributed by atoms with E-state index < -0.39 is 0 Å². The number of ether oxygens (including phenoxy) is 1. The van der Waals surface area contributed by atoms with Crippen LogP contribution in [0.15, 0.2) is 115 Å². The Hall–Kier alpha value is -3.99. The average Bonchev–Trinajstić information content (AvgIpc) is 3.01. The van der Waals surface area contributed by atoms with Crippen LogP contribution in [0.5, 0.6) is 5.88 Å². The van der Waals surface area contributed by atoms with E-state index in [1.165, 1.54) is 22.3 Å². The number of aromatic nitrogens is 2. The highest BCUT2D eigenvalue weighted by molar-refractivity contribution is 5.85. The van der Waals surface area contributed by atoms with Crippen LogP contribution in [0.25, 0.3) is 44.8 Å². The standard InChI is InChI=1S/C34H31N3O.ClH/c1-3-7-26(8-4-1)28-11-15-30(16-12-28)33-34(31-17-13-29(14-18-31)27-9-5-2-6-10-27)37-32(23-36-33)38-24-25-19-21-35-22-20-25;/h1-18,23,25,35H,19-22,24H2;1H. The van der Waals surface area contributed by atoms with Crippen LogP contribution in [0.2, 0.25) is 0 Å². The maximum atomic E-state index is 6.17. The predicted octanol–water partition coefficient (Wildman–Crippen LogP) is 7.94. The van der Waals surface area contributed by atoms with Crippen LogP contribution in [0.4, 0.5) is 0 Å². The highest BCUT2D eigenvalue weighted by Crippen LogP contribution is 2.33. The van der Waals surface area contributed by atoms with E-state index in [1.54, 1.807) is 6.20 Å². The van der Waals surface area contributed by atoms with E-state index in [9.17, 15) is 0 Å². The van der Waals surface area contributed by atoms with Crippen molar-refractivity contribution < 1.29 is 4.74 Å². The van der Waals surface area contributed by atoms with Crippen molar-refractivity contribution in [2.75, 3.05) is 19.7 Å². The summed E-state index contributed by atoms with van der Waals surface area (Å²) >= 11 is 0. The minimum absolute atomic E-state index is 0. The zero-order valence-electron chi connectivity index (χ0n) is 21.8. The second-order valence-electron chi connectivity index (χ2n) is 9.80. The lowest BCUT2D eigenvalue weighted by molar-refractivity contribution is 0.208. The van der Waals surface area contributed by atoms with Gasteiger partial charge in [0.25, 0.3) is 0 Å². The molecular weight excluding hydrogens is 502 g/mol. The van der Waals surface area contributed by atoms with E-state index in [0.717, 1.165) is 48.4 Å². The summed E-state index contributed by atoms with van der Waals surface area (Å²) in [6.07, 6.45) is 4.03. The van der Waals surface area contributed by atoms with Crippen molar-refractivity contribution in [1.82, 2.24) is 15.3 Å². The number of rotatable bonds is 7. The molecule has 0 aliphatic carbocycles. The highest BCUT2D eigenvalue weighted by atomic mass is 35.5. The molecule has 39 heavy (non-hydrogen) atoms. The van der Waals surface area contributed by atoms with E-state index in [4.69, 9.17) is 14.7 Å². The van der Waals surface area contributed by atoms with Gasteiger partial charge in [-0.3, -0.25) is 0 Å². The van der Waals surface area contributed by atoms with Crippen LogP contribution in [-0.4, -0.2) is 29.7 Å². The van der Waals surface area contributed by atoms with Crippen LogP contribution < -0.4 is 10.1 Å². The first-order valence-corrected chi connectivity index (χ1v) is 13.4. The molecule has 0 amide bonds. The molecule has 1 aliphatic rings. The smallest absolute Gasteiger partial charge is 0.232 e. The normalized spacial score (nSPS) is 13.4. The number of nitrogens with one attached hydrogen (secondary N) is 1. The van der Waals surface area contributed by atoms with Crippen molar-refractivity contribution in [3.8, 4) is 50.6 Å². The minimum atomic E-state index is 0. The quantitative estimate of drug-likeness (QED) is 0.230. The molecule has 0 atom stereocenters. The molecule has 1 fully saturated rings. The number of hydrogen-bond acceptors (Lipinski definition) is 4. The van der Waals surface area contributed by atoms with E-state index in [-0.39, 0.29) is 12.4 Å². The van der Waals surface area contributed by atoms with Gasteiger partial charge in [0.2, 0.25) is 5.88 Å². The second-order valence-corrected chi connectivity index (χ2v) is 9.80. The van der Waals surface area contributed by atoms with Crippen LogP contribution in [-0.2, 0) is 0 Å². The first-order chi connectivity index (χ1) is 18.8. The molecule has 0 unspecified atom stereocenters. The Morgan fingerprint density at radius 2 is 1.05 bits per heavy atom. The third-order valence-electron chi connectivity index (χ3n) is 7.21. The van der Waals surface area contributed by atoms with Crippen molar-refractivity contribution in [3.63, 3.8) is 0 Å². The number of halogens is 1. The first-order valence-electron chi connectivity index (χ1n) is 13.4. The molecule has 0 spiro atoms. The fourth-order valence-electron chi connectivity index (χ4n) is 5.01. The third-order valence-corrected chi connectivity index (χ3v) is 7.21. The predicted molar refractivity (Wildman–Crippen MR) is 162 cm³/mol. The molecule has 5 aromatic rings. The Labute approximate surface area is 236 Å². The fourth-order valence-corrected chi connectivity index (χ4v) is 5.01. The van der Waals surface area contributed by atoms with E-state index in [0.29, 0.717) is 18.4 Å². The zero-order chi connectivity index (χ0) is 25.6. The Kier molecular flexibility index (Phi) is 8.67. The Morgan fingerprint density at radius 1 is 0.590 bits per heavy atom. The number of piperidine rings is 1. The first kappa shape index (κ1) is 26.6. The van der Waals surface area contributed by atoms with Crippen LogP contribution in [0.3, 0.4) is 0 Å². The molecule has 2 heterocycles. The van der Waals surface area contributed by atoms with Gasteiger partial charge < -0.3 is 10.1 Å². The average molecular weight is 534 g/mol. The second kappa shape index (κ2) is 12.7. The molecule has 4 nitrogen and oxygen atoms in total. The number of nitrogens with zero attached hydrogens (tertiary/aromatic N) is 2. The maximum Gasteiger partial charge on any atom is 0.232 e.